The molecule has 1 heterocycles. The van der Waals surface area contributed by atoms with Crippen LogP contribution in [-0.4, -0.2) is 28.8 Å². The second-order valence-corrected chi connectivity index (χ2v) is 7.94. The van der Waals surface area contributed by atoms with Gasteiger partial charge in [0, 0.05) is 11.3 Å². The molecule has 5 nitrogen and oxygen atoms in total. The molecule has 7 heteroatoms. The summed E-state index contributed by atoms with van der Waals surface area (Å²) in [5, 5.41) is 12.2. The fourth-order valence-corrected chi connectivity index (χ4v) is 3.91. The Hall–Kier alpha value is -2.38. The first-order chi connectivity index (χ1) is 12.5. The molecule has 134 valence electrons. The van der Waals surface area contributed by atoms with Gasteiger partial charge in [0.15, 0.2) is 10.1 Å². The summed E-state index contributed by atoms with van der Waals surface area (Å²) in [6.45, 7) is 4.05. The number of aryl methyl sites for hydroxylation is 2. The maximum absolute atomic E-state index is 12.3. The Morgan fingerprint density at radius 3 is 2.58 bits per heavy atom. The number of nitrogens with one attached hydrogen (secondary N) is 1. The fraction of sp³-hybridized carbons (Fsp3) is 0.211. The number of carbonyl (C=O) groups excluding carboxylic acids is 1. The van der Waals surface area contributed by atoms with Crippen molar-refractivity contribution < 1.29 is 9.53 Å². The van der Waals surface area contributed by atoms with Gasteiger partial charge in [-0.05, 0) is 55.3 Å². The number of ketones is 1. The molecule has 3 rings (SSSR count). The fourth-order valence-electron chi connectivity index (χ4n) is 2.24. The number of carbonyl (C=O) groups is 1. The Morgan fingerprint density at radius 2 is 1.88 bits per heavy atom. The van der Waals surface area contributed by atoms with Crippen LogP contribution in [0.4, 0.5) is 10.8 Å². The number of benzene rings is 2. The standard InChI is InChI=1S/C19H19N3O2S2/c1-12-4-5-14(10-13(12)2)17(23)11-25-19-22-21-18(26-19)20-15-6-8-16(24-3)9-7-15/h4-10H,11H2,1-3H3,(H,20,21). The monoisotopic (exact) mass is 385 g/mol. The van der Waals surface area contributed by atoms with Crippen molar-refractivity contribution in [2.24, 2.45) is 0 Å². The number of anilines is 2. The Bertz CT molecular complexity index is 907. The number of hydrogen-bond donors (Lipinski definition) is 1. The number of rotatable bonds is 7. The number of Topliss-reactive ketones (excluding diaryl/α,β-unsaturated/α-hetero) is 1. The number of hydrogen-bond acceptors (Lipinski definition) is 7. The van der Waals surface area contributed by atoms with E-state index in [4.69, 9.17) is 4.74 Å². The van der Waals surface area contributed by atoms with Crippen molar-refractivity contribution in [3.05, 3.63) is 59.2 Å². The maximum atomic E-state index is 12.3. The zero-order valence-electron chi connectivity index (χ0n) is 14.8. The second kappa shape index (κ2) is 8.33. The first-order valence-corrected chi connectivity index (χ1v) is 9.83. The van der Waals surface area contributed by atoms with E-state index in [2.05, 4.69) is 15.5 Å². The lowest BCUT2D eigenvalue weighted by atomic mass is 10.0. The molecule has 0 amide bonds. The molecule has 0 saturated heterocycles. The van der Waals surface area contributed by atoms with Crippen LogP contribution in [0, 0.1) is 13.8 Å². The van der Waals surface area contributed by atoms with Crippen LogP contribution >= 0.6 is 23.1 Å². The van der Waals surface area contributed by atoms with Gasteiger partial charge in [-0.15, -0.1) is 10.2 Å². The average Bonchev–Trinajstić information content (AvgIpc) is 3.10. The second-order valence-electron chi connectivity index (χ2n) is 5.74. The van der Waals surface area contributed by atoms with Crippen molar-refractivity contribution in [2.75, 3.05) is 18.2 Å². The van der Waals surface area contributed by atoms with E-state index in [1.807, 2.05) is 56.3 Å². The average molecular weight is 386 g/mol. The van der Waals surface area contributed by atoms with Gasteiger partial charge in [0.1, 0.15) is 5.75 Å². The quantitative estimate of drug-likeness (QED) is 0.462. The van der Waals surface area contributed by atoms with Crippen molar-refractivity contribution in [3.63, 3.8) is 0 Å². The Labute approximate surface area is 160 Å². The minimum Gasteiger partial charge on any atom is -0.497 e. The smallest absolute Gasteiger partial charge is 0.210 e. The molecule has 1 aromatic heterocycles. The number of ether oxygens (including phenoxy) is 1. The number of aromatic nitrogens is 2. The van der Waals surface area contributed by atoms with Crippen LogP contribution in [0.1, 0.15) is 21.5 Å². The highest BCUT2D eigenvalue weighted by molar-refractivity contribution is 8.01. The van der Waals surface area contributed by atoms with Gasteiger partial charge in [-0.25, -0.2) is 0 Å². The molecule has 2 aromatic carbocycles. The van der Waals surface area contributed by atoms with Gasteiger partial charge in [0.05, 0.1) is 12.9 Å². The van der Waals surface area contributed by atoms with Crippen molar-refractivity contribution >= 4 is 39.7 Å². The highest BCUT2D eigenvalue weighted by atomic mass is 32.2. The molecule has 26 heavy (non-hydrogen) atoms. The molecule has 0 aliphatic carbocycles. The molecule has 0 radical (unpaired) electrons. The molecule has 0 aliphatic rings. The van der Waals surface area contributed by atoms with Gasteiger partial charge in [-0.2, -0.15) is 0 Å². The molecule has 0 fully saturated rings. The first kappa shape index (κ1) is 18.4. The van der Waals surface area contributed by atoms with Crippen molar-refractivity contribution in [1.82, 2.24) is 10.2 Å². The van der Waals surface area contributed by atoms with Crippen molar-refractivity contribution in [3.8, 4) is 5.75 Å². The van der Waals surface area contributed by atoms with Crippen LogP contribution in [0.25, 0.3) is 0 Å². The molecule has 0 unspecified atom stereocenters. The molecule has 0 atom stereocenters. The molecule has 0 bridgehead atoms. The third-order valence-corrected chi connectivity index (χ3v) is 5.88. The predicted molar refractivity (Wildman–Crippen MR) is 107 cm³/mol. The SMILES string of the molecule is COc1ccc(Nc2nnc(SCC(=O)c3ccc(C)c(C)c3)s2)cc1. The lowest BCUT2D eigenvalue weighted by molar-refractivity contribution is 0.102. The zero-order valence-corrected chi connectivity index (χ0v) is 16.4. The normalized spacial score (nSPS) is 10.6. The molecule has 0 saturated carbocycles. The molecule has 0 spiro atoms. The number of nitrogens with zero attached hydrogens (tertiary/aromatic N) is 2. The summed E-state index contributed by atoms with van der Waals surface area (Å²) >= 11 is 2.83. The van der Waals surface area contributed by atoms with E-state index in [1.165, 1.54) is 28.7 Å². The van der Waals surface area contributed by atoms with Gasteiger partial charge in [-0.3, -0.25) is 4.79 Å². The van der Waals surface area contributed by atoms with Gasteiger partial charge < -0.3 is 10.1 Å². The van der Waals surface area contributed by atoms with Crippen LogP contribution in [0.3, 0.4) is 0 Å². The third kappa shape index (κ3) is 4.62. The van der Waals surface area contributed by atoms with E-state index < -0.39 is 0 Å². The summed E-state index contributed by atoms with van der Waals surface area (Å²) in [6, 6.07) is 13.4. The van der Waals surface area contributed by atoms with Crippen molar-refractivity contribution in [1.29, 1.82) is 0 Å². The highest BCUT2D eigenvalue weighted by Gasteiger charge is 2.11. The third-order valence-electron chi connectivity index (χ3n) is 3.90. The minimum absolute atomic E-state index is 0.0953. The van der Waals surface area contributed by atoms with E-state index >= 15 is 0 Å². The lowest BCUT2D eigenvalue weighted by Crippen LogP contribution is -2.03. The maximum Gasteiger partial charge on any atom is 0.210 e. The summed E-state index contributed by atoms with van der Waals surface area (Å²) in [6.07, 6.45) is 0. The first-order valence-electron chi connectivity index (χ1n) is 8.03. The Balaban J connectivity index is 1.57. The van der Waals surface area contributed by atoms with Gasteiger partial charge in [-0.1, -0.05) is 35.2 Å². The van der Waals surface area contributed by atoms with E-state index in [0.29, 0.717) is 10.9 Å². The highest BCUT2D eigenvalue weighted by Crippen LogP contribution is 2.28. The van der Waals surface area contributed by atoms with Crippen LogP contribution in [-0.2, 0) is 0 Å². The summed E-state index contributed by atoms with van der Waals surface area (Å²) in [7, 11) is 1.63. The molecule has 1 N–H and O–H groups in total. The molecular weight excluding hydrogens is 366 g/mol. The van der Waals surface area contributed by atoms with Crippen LogP contribution < -0.4 is 10.1 Å². The topological polar surface area (TPSA) is 64.1 Å². The minimum atomic E-state index is 0.0953. The van der Waals surface area contributed by atoms with Gasteiger partial charge in [0.2, 0.25) is 5.13 Å². The Morgan fingerprint density at radius 1 is 1.12 bits per heavy atom. The molecule has 3 aromatic rings. The summed E-state index contributed by atoms with van der Waals surface area (Å²) < 4.78 is 5.90. The number of thioether (sulfide) groups is 1. The lowest BCUT2D eigenvalue weighted by Gasteiger charge is -2.04. The summed E-state index contributed by atoms with van der Waals surface area (Å²) in [5.74, 6) is 1.24. The summed E-state index contributed by atoms with van der Waals surface area (Å²) in [4.78, 5) is 12.3. The van der Waals surface area contributed by atoms with Crippen LogP contribution in [0.2, 0.25) is 0 Å². The van der Waals surface area contributed by atoms with Crippen LogP contribution in [0.15, 0.2) is 46.8 Å². The van der Waals surface area contributed by atoms with Crippen molar-refractivity contribution in [2.45, 2.75) is 18.2 Å². The Kier molecular flexibility index (Phi) is 5.90. The molecule has 0 aliphatic heterocycles. The zero-order chi connectivity index (χ0) is 18.5. The van der Waals surface area contributed by atoms with Crippen LogP contribution in [0.5, 0.6) is 5.75 Å². The van der Waals surface area contributed by atoms with E-state index in [-0.39, 0.29) is 5.78 Å². The van der Waals surface area contributed by atoms with E-state index in [0.717, 1.165) is 26.9 Å². The summed E-state index contributed by atoms with van der Waals surface area (Å²) in [5.41, 5.74) is 3.96. The molecular formula is C19H19N3O2S2. The predicted octanol–water partition coefficient (Wildman–Crippen LogP) is 4.88. The van der Waals surface area contributed by atoms with E-state index in [9.17, 15) is 4.79 Å². The van der Waals surface area contributed by atoms with Gasteiger partial charge >= 0.3 is 0 Å². The van der Waals surface area contributed by atoms with Gasteiger partial charge in [0.25, 0.3) is 0 Å². The largest absolute Gasteiger partial charge is 0.497 e. The van der Waals surface area contributed by atoms with E-state index in [1.54, 1.807) is 7.11 Å². The number of methoxy groups -OCH3 is 1.